The predicted octanol–water partition coefficient (Wildman–Crippen LogP) is 7.87. The zero-order valence-corrected chi connectivity index (χ0v) is 16.7. The summed E-state index contributed by atoms with van der Waals surface area (Å²) in [5, 5.41) is 0. The highest BCUT2D eigenvalue weighted by molar-refractivity contribution is 5.18. The molecule has 3 rings (SSSR count). The fraction of sp³-hybridized carbons (Fsp3) is 0.680. The third-order valence-corrected chi connectivity index (χ3v) is 6.97. The molecule has 1 aromatic carbocycles. The van der Waals surface area contributed by atoms with Crippen molar-refractivity contribution >= 4 is 0 Å². The minimum Gasteiger partial charge on any atom is -0.207 e. The van der Waals surface area contributed by atoms with Gasteiger partial charge >= 0.3 is 0 Å². The lowest BCUT2D eigenvalue weighted by molar-refractivity contribution is 0.185. The lowest BCUT2D eigenvalue weighted by atomic mass is 9.70. The van der Waals surface area contributed by atoms with Crippen LogP contribution in [0.15, 0.2) is 35.9 Å². The average molecular weight is 357 g/mol. The van der Waals surface area contributed by atoms with Crippen molar-refractivity contribution in [3.8, 4) is 0 Å². The first-order valence-corrected chi connectivity index (χ1v) is 11.2. The van der Waals surface area contributed by atoms with Gasteiger partial charge in [-0.25, -0.2) is 4.39 Å². The van der Waals surface area contributed by atoms with Crippen molar-refractivity contribution in [2.45, 2.75) is 90.4 Å². The molecule has 0 aliphatic heterocycles. The molecule has 0 amide bonds. The van der Waals surface area contributed by atoms with Gasteiger partial charge in [0.2, 0.25) is 0 Å². The Morgan fingerprint density at radius 1 is 0.885 bits per heavy atom. The quantitative estimate of drug-likeness (QED) is 0.328. The van der Waals surface area contributed by atoms with Gasteiger partial charge in [0.1, 0.15) is 5.82 Å². The van der Waals surface area contributed by atoms with Gasteiger partial charge in [-0.05, 0) is 80.4 Å². The van der Waals surface area contributed by atoms with Gasteiger partial charge in [0.25, 0.3) is 0 Å². The summed E-state index contributed by atoms with van der Waals surface area (Å²) in [4.78, 5) is 0. The van der Waals surface area contributed by atoms with Gasteiger partial charge in [0.05, 0.1) is 0 Å². The Bertz CT molecular complexity index is 548. The molecule has 0 nitrogen and oxygen atoms in total. The average Bonchev–Trinajstić information content (AvgIpc) is 2.69. The second-order valence-electron chi connectivity index (χ2n) is 8.80. The van der Waals surface area contributed by atoms with Gasteiger partial charge in [-0.2, -0.15) is 0 Å². The summed E-state index contributed by atoms with van der Waals surface area (Å²) in [7, 11) is 0. The number of allylic oxidation sites excluding steroid dienone is 2. The van der Waals surface area contributed by atoms with Crippen LogP contribution in [0.4, 0.5) is 4.39 Å². The first kappa shape index (κ1) is 19.6. The molecule has 1 aromatic rings. The fourth-order valence-electron chi connectivity index (χ4n) is 5.15. The van der Waals surface area contributed by atoms with E-state index in [2.05, 4.69) is 13.0 Å². The van der Waals surface area contributed by atoms with Gasteiger partial charge in [-0.1, -0.05) is 69.2 Å². The van der Waals surface area contributed by atoms with Crippen molar-refractivity contribution in [1.82, 2.24) is 0 Å². The van der Waals surface area contributed by atoms with E-state index in [1.54, 1.807) is 17.7 Å². The molecule has 1 atom stereocenters. The van der Waals surface area contributed by atoms with Crippen molar-refractivity contribution in [2.75, 3.05) is 0 Å². The molecular formula is C25H37F. The van der Waals surface area contributed by atoms with Crippen LogP contribution in [0.5, 0.6) is 0 Å². The lowest BCUT2D eigenvalue weighted by Gasteiger charge is -2.35. The van der Waals surface area contributed by atoms with Crippen LogP contribution in [0, 0.1) is 23.6 Å². The molecule has 0 saturated heterocycles. The summed E-state index contributed by atoms with van der Waals surface area (Å²) >= 11 is 0. The Labute approximate surface area is 160 Å². The van der Waals surface area contributed by atoms with E-state index >= 15 is 0 Å². The molecule has 26 heavy (non-hydrogen) atoms. The fourth-order valence-corrected chi connectivity index (χ4v) is 5.15. The van der Waals surface area contributed by atoms with Crippen molar-refractivity contribution in [3.63, 3.8) is 0 Å². The lowest BCUT2D eigenvalue weighted by Crippen LogP contribution is -2.23. The molecule has 0 N–H and O–H groups in total. The number of rotatable bonds is 8. The minimum atomic E-state index is -0.131. The molecule has 0 radical (unpaired) electrons. The Hall–Kier alpha value is -1.11. The van der Waals surface area contributed by atoms with E-state index in [0.29, 0.717) is 0 Å². The summed E-state index contributed by atoms with van der Waals surface area (Å²) in [5.74, 6) is 2.84. The normalized spacial score (nSPS) is 26.5. The summed E-state index contributed by atoms with van der Waals surface area (Å²) in [6.07, 6.45) is 20.4. The largest absolute Gasteiger partial charge is 0.207 e. The summed E-state index contributed by atoms with van der Waals surface area (Å²) in [6, 6.07) is 7.03. The van der Waals surface area contributed by atoms with Crippen LogP contribution < -0.4 is 0 Å². The van der Waals surface area contributed by atoms with Gasteiger partial charge < -0.3 is 0 Å². The monoisotopic (exact) mass is 356 g/mol. The van der Waals surface area contributed by atoms with Crippen molar-refractivity contribution in [3.05, 3.63) is 47.3 Å². The van der Waals surface area contributed by atoms with Crippen molar-refractivity contribution in [1.29, 1.82) is 0 Å². The first-order chi connectivity index (χ1) is 12.7. The molecule has 2 aliphatic rings. The molecule has 1 fully saturated rings. The van der Waals surface area contributed by atoms with Crippen LogP contribution in [-0.2, 0) is 6.42 Å². The van der Waals surface area contributed by atoms with E-state index in [1.807, 2.05) is 12.1 Å². The van der Waals surface area contributed by atoms with Gasteiger partial charge in [-0.15, -0.1) is 0 Å². The highest BCUT2D eigenvalue weighted by Gasteiger charge is 2.28. The number of hydrogen-bond donors (Lipinski definition) is 0. The summed E-state index contributed by atoms with van der Waals surface area (Å²) < 4.78 is 13.0. The van der Waals surface area contributed by atoms with E-state index in [1.165, 1.54) is 76.2 Å². The van der Waals surface area contributed by atoms with Crippen LogP contribution in [0.2, 0.25) is 0 Å². The van der Waals surface area contributed by atoms with Gasteiger partial charge in [-0.3, -0.25) is 0 Å². The zero-order chi connectivity index (χ0) is 18.2. The van der Waals surface area contributed by atoms with Crippen LogP contribution >= 0.6 is 0 Å². The highest BCUT2D eigenvalue weighted by atomic mass is 19.1. The number of halogens is 1. The van der Waals surface area contributed by atoms with Crippen molar-refractivity contribution in [2.24, 2.45) is 17.8 Å². The number of benzene rings is 1. The van der Waals surface area contributed by atoms with Gasteiger partial charge in [0, 0.05) is 0 Å². The maximum absolute atomic E-state index is 13.0. The molecule has 0 bridgehead atoms. The predicted molar refractivity (Wildman–Crippen MR) is 110 cm³/mol. The number of aryl methyl sites for hydroxylation is 1. The molecule has 1 unspecified atom stereocenters. The third-order valence-electron chi connectivity index (χ3n) is 6.97. The third kappa shape index (κ3) is 5.96. The van der Waals surface area contributed by atoms with E-state index in [0.717, 1.165) is 30.6 Å². The SMILES string of the molecule is CCCCC[C@H]1CC[C@H](C2CC=C(CCc3ccc(F)cc3)CC2)CC1. The number of unbranched alkanes of at least 4 members (excludes halogenated alkanes) is 2. The number of hydrogen-bond acceptors (Lipinski definition) is 0. The molecular weight excluding hydrogens is 319 g/mol. The summed E-state index contributed by atoms with van der Waals surface area (Å²) in [5.41, 5.74) is 2.90. The first-order valence-electron chi connectivity index (χ1n) is 11.2. The van der Waals surface area contributed by atoms with Crippen LogP contribution in [0.1, 0.15) is 89.5 Å². The molecule has 2 aliphatic carbocycles. The molecule has 0 spiro atoms. The zero-order valence-electron chi connectivity index (χ0n) is 16.7. The van der Waals surface area contributed by atoms with Crippen LogP contribution in [0.3, 0.4) is 0 Å². The van der Waals surface area contributed by atoms with Crippen LogP contribution in [0.25, 0.3) is 0 Å². The van der Waals surface area contributed by atoms with Crippen LogP contribution in [-0.4, -0.2) is 0 Å². The maximum atomic E-state index is 13.0. The second kappa shape index (κ2) is 10.3. The van der Waals surface area contributed by atoms with Crippen molar-refractivity contribution < 1.29 is 4.39 Å². The Morgan fingerprint density at radius 2 is 1.65 bits per heavy atom. The second-order valence-corrected chi connectivity index (χ2v) is 8.80. The Balaban J connectivity index is 1.37. The maximum Gasteiger partial charge on any atom is 0.123 e. The topological polar surface area (TPSA) is 0 Å². The van der Waals surface area contributed by atoms with E-state index < -0.39 is 0 Å². The Kier molecular flexibility index (Phi) is 7.77. The Morgan fingerprint density at radius 3 is 2.31 bits per heavy atom. The van der Waals surface area contributed by atoms with Gasteiger partial charge in [0.15, 0.2) is 0 Å². The molecule has 1 saturated carbocycles. The molecule has 144 valence electrons. The molecule has 0 aromatic heterocycles. The van der Waals surface area contributed by atoms with E-state index in [4.69, 9.17) is 0 Å². The minimum absolute atomic E-state index is 0.131. The molecule has 1 heteroatoms. The molecule has 0 heterocycles. The van der Waals surface area contributed by atoms with E-state index in [9.17, 15) is 4.39 Å². The highest BCUT2D eigenvalue weighted by Crippen LogP contribution is 2.41. The standard InChI is InChI=1S/C25H37F/c1-2-3-4-5-20-8-14-23(15-9-20)24-16-10-21(11-17-24)6-7-22-12-18-25(26)19-13-22/h10,12-13,18-20,23-24H,2-9,11,14-17H2,1H3/t20-,23-,24?. The van der Waals surface area contributed by atoms with E-state index in [-0.39, 0.29) is 5.82 Å². The summed E-state index contributed by atoms with van der Waals surface area (Å²) in [6.45, 7) is 2.31. The smallest absolute Gasteiger partial charge is 0.123 e.